The van der Waals surface area contributed by atoms with Crippen molar-refractivity contribution < 1.29 is 4.79 Å². The van der Waals surface area contributed by atoms with Gasteiger partial charge in [0, 0.05) is 25.8 Å². The number of anilines is 3. The number of rotatable bonds is 4. The van der Waals surface area contributed by atoms with E-state index in [1.807, 2.05) is 44.1 Å². The quantitative estimate of drug-likeness (QED) is 0.682. The lowest BCUT2D eigenvalue weighted by Gasteiger charge is -2.14. The molecule has 0 aliphatic carbocycles. The molecule has 0 bridgehead atoms. The van der Waals surface area contributed by atoms with Crippen molar-refractivity contribution in [1.82, 2.24) is 9.97 Å². The molecule has 0 fully saturated rings. The lowest BCUT2D eigenvalue weighted by molar-refractivity contribution is 0.565. The van der Waals surface area contributed by atoms with Gasteiger partial charge in [-0.1, -0.05) is 0 Å². The van der Waals surface area contributed by atoms with E-state index in [0.29, 0.717) is 17.3 Å². The van der Waals surface area contributed by atoms with Gasteiger partial charge in [-0.05, 0) is 31.2 Å². The maximum absolute atomic E-state index is 10.2. The molecule has 0 aliphatic heterocycles. The van der Waals surface area contributed by atoms with Gasteiger partial charge in [0.05, 0.1) is 5.69 Å². The van der Waals surface area contributed by atoms with E-state index in [4.69, 9.17) is 0 Å². The molecule has 1 aromatic heterocycles. The van der Waals surface area contributed by atoms with E-state index in [2.05, 4.69) is 20.3 Å². The molecule has 0 amide bonds. The van der Waals surface area contributed by atoms with E-state index >= 15 is 0 Å². The molecule has 1 heterocycles. The maximum atomic E-state index is 10.2. The van der Waals surface area contributed by atoms with Crippen LogP contribution < -0.4 is 10.2 Å². The van der Waals surface area contributed by atoms with Crippen molar-refractivity contribution in [3.8, 4) is 0 Å². The van der Waals surface area contributed by atoms with Crippen LogP contribution >= 0.6 is 0 Å². The van der Waals surface area contributed by atoms with E-state index in [1.165, 1.54) is 6.08 Å². The average Bonchev–Trinajstić information content (AvgIpc) is 2.40. The first-order valence-corrected chi connectivity index (χ1v) is 6.06. The van der Waals surface area contributed by atoms with Gasteiger partial charge in [-0.2, -0.15) is 4.99 Å². The number of aromatic nitrogens is 2. The number of nitrogens with zero attached hydrogens (tertiary/aromatic N) is 4. The summed E-state index contributed by atoms with van der Waals surface area (Å²) in [5, 5.41) is 3.19. The van der Waals surface area contributed by atoms with Gasteiger partial charge in [0.2, 0.25) is 6.08 Å². The number of isocyanates is 1. The van der Waals surface area contributed by atoms with Crippen LogP contribution in [0.5, 0.6) is 0 Å². The first-order chi connectivity index (χ1) is 9.58. The van der Waals surface area contributed by atoms with Crippen LogP contribution in [0, 0.1) is 6.92 Å². The first kappa shape index (κ1) is 13.7. The van der Waals surface area contributed by atoms with E-state index < -0.39 is 0 Å². The van der Waals surface area contributed by atoms with Crippen LogP contribution in [-0.2, 0) is 4.79 Å². The highest BCUT2D eigenvalue weighted by atomic mass is 16.1. The summed E-state index contributed by atoms with van der Waals surface area (Å²) in [6, 6.07) is 8.97. The molecule has 0 saturated carbocycles. The second-order valence-corrected chi connectivity index (χ2v) is 4.43. The summed E-state index contributed by atoms with van der Waals surface area (Å²) in [6.45, 7) is 1.85. The predicted octanol–water partition coefficient (Wildman–Crippen LogP) is 2.56. The topological polar surface area (TPSA) is 70.5 Å². The van der Waals surface area contributed by atoms with Crippen molar-refractivity contribution in [2.24, 2.45) is 4.99 Å². The molecule has 2 aromatic rings. The second-order valence-electron chi connectivity index (χ2n) is 4.43. The number of benzene rings is 1. The van der Waals surface area contributed by atoms with E-state index in [1.54, 1.807) is 12.1 Å². The Morgan fingerprint density at radius 3 is 2.50 bits per heavy atom. The molecule has 0 radical (unpaired) electrons. The van der Waals surface area contributed by atoms with Crippen LogP contribution in [0.3, 0.4) is 0 Å². The van der Waals surface area contributed by atoms with Gasteiger partial charge in [-0.25, -0.2) is 14.8 Å². The molecule has 6 heteroatoms. The summed E-state index contributed by atoms with van der Waals surface area (Å²) < 4.78 is 0. The number of hydrogen-bond acceptors (Lipinski definition) is 6. The monoisotopic (exact) mass is 269 g/mol. The molecule has 102 valence electrons. The molecular weight excluding hydrogens is 254 g/mol. The van der Waals surface area contributed by atoms with E-state index in [9.17, 15) is 4.79 Å². The molecule has 0 spiro atoms. The second kappa shape index (κ2) is 5.95. The van der Waals surface area contributed by atoms with E-state index in [0.717, 1.165) is 11.5 Å². The summed E-state index contributed by atoms with van der Waals surface area (Å²) in [6.07, 6.45) is 1.51. The van der Waals surface area contributed by atoms with Crippen LogP contribution in [0.2, 0.25) is 0 Å². The Morgan fingerprint density at radius 1 is 1.20 bits per heavy atom. The van der Waals surface area contributed by atoms with Gasteiger partial charge in [0.15, 0.2) is 0 Å². The molecule has 0 unspecified atom stereocenters. The fraction of sp³-hybridized carbons (Fsp3) is 0.214. The Hall–Kier alpha value is -2.72. The minimum atomic E-state index is 0.568. The van der Waals surface area contributed by atoms with Gasteiger partial charge >= 0.3 is 0 Å². The highest BCUT2D eigenvalue weighted by molar-refractivity contribution is 5.62. The standard InChI is InChI=1S/C14H15N5O/c1-10-16-13(8-14(17-10)19(2)3)18-12-6-4-11(5-7-12)15-9-20/h4-8H,1-3H3,(H,16,17,18). The molecule has 1 N–H and O–H groups in total. The normalized spacial score (nSPS) is 9.75. The van der Waals surface area contributed by atoms with Gasteiger partial charge in [0.25, 0.3) is 0 Å². The lowest BCUT2D eigenvalue weighted by atomic mass is 10.3. The maximum Gasteiger partial charge on any atom is 0.240 e. The van der Waals surface area contributed by atoms with Crippen LogP contribution in [0.15, 0.2) is 35.3 Å². The van der Waals surface area contributed by atoms with Crippen molar-refractivity contribution in [3.05, 3.63) is 36.2 Å². The largest absolute Gasteiger partial charge is 0.363 e. The van der Waals surface area contributed by atoms with Crippen LogP contribution in [0.4, 0.5) is 23.0 Å². The van der Waals surface area contributed by atoms with E-state index in [-0.39, 0.29) is 0 Å². The molecule has 0 atom stereocenters. The predicted molar refractivity (Wildman–Crippen MR) is 78.6 cm³/mol. The Balaban J connectivity index is 2.23. The minimum absolute atomic E-state index is 0.568. The summed E-state index contributed by atoms with van der Waals surface area (Å²) in [5.74, 6) is 2.25. The van der Waals surface area contributed by atoms with Crippen LogP contribution in [-0.4, -0.2) is 30.1 Å². The average molecular weight is 269 g/mol. The Morgan fingerprint density at radius 2 is 1.90 bits per heavy atom. The zero-order valence-electron chi connectivity index (χ0n) is 11.6. The summed E-state index contributed by atoms with van der Waals surface area (Å²) in [7, 11) is 3.86. The highest BCUT2D eigenvalue weighted by Crippen LogP contribution is 2.21. The Kier molecular flexibility index (Phi) is 4.08. The number of carbonyl (C=O) groups excluding carboxylic acids is 1. The molecule has 1 aromatic carbocycles. The van der Waals surface area contributed by atoms with Gasteiger partial charge in [-0.15, -0.1) is 0 Å². The smallest absolute Gasteiger partial charge is 0.240 e. The SMILES string of the molecule is Cc1nc(Nc2ccc(N=C=O)cc2)cc(N(C)C)n1. The van der Waals surface area contributed by atoms with Crippen LogP contribution in [0.1, 0.15) is 5.82 Å². The van der Waals surface area contributed by atoms with Crippen molar-refractivity contribution in [2.45, 2.75) is 6.92 Å². The van der Waals surface area contributed by atoms with Crippen molar-refractivity contribution in [3.63, 3.8) is 0 Å². The molecular formula is C14H15N5O. The van der Waals surface area contributed by atoms with Gasteiger partial charge in [0.1, 0.15) is 17.5 Å². The molecule has 6 nitrogen and oxygen atoms in total. The number of aliphatic imine (C=N–C) groups is 1. The summed E-state index contributed by atoms with van der Waals surface area (Å²) in [5.41, 5.74) is 1.43. The summed E-state index contributed by atoms with van der Waals surface area (Å²) in [4.78, 5) is 24.3. The minimum Gasteiger partial charge on any atom is -0.363 e. The molecule has 0 saturated heterocycles. The third-order valence-corrected chi connectivity index (χ3v) is 2.60. The summed E-state index contributed by atoms with van der Waals surface area (Å²) >= 11 is 0. The first-order valence-electron chi connectivity index (χ1n) is 6.06. The fourth-order valence-electron chi connectivity index (χ4n) is 1.66. The van der Waals surface area contributed by atoms with Gasteiger partial charge < -0.3 is 10.2 Å². The number of nitrogens with one attached hydrogen (secondary N) is 1. The Labute approximate surface area is 117 Å². The molecule has 0 aliphatic rings. The lowest BCUT2D eigenvalue weighted by Crippen LogP contribution is -2.12. The number of hydrogen-bond donors (Lipinski definition) is 1. The number of aryl methyl sites for hydroxylation is 1. The van der Waals surface area contributed by atoms with Crippen LogP contribution in [0.25, 0.3) is 0 Å². The fourth-order valence-corrected chi connectivity index (χ4v) is 1.66. The third kappa shape index (κ3) is 3.40. The zero-order chi connectivity index (χ0) is 14.5. The van der Waals surface area contributed by atoms with Gasteiger partial charge in [-0.3, -0.25) is 0 Å². The zero-order valence-corrected chi connectivity index (χ0v) is 11.6. The molecule has 2 rings (SSSR count). The van der Waals surface area contributed by atoms with Crippen molar-refractivity contribution in [1.29, 1.82) is 0 Å². The molecule has 20 heavy (non-hydrogen) atoms. The van der Waals surface area contributed by atoms with Crippen molar-refractivity contribution >= 4 is 29.1 Å². The van der Waals surface area contributed by atoms with Crippen molar-refractivity contribution in [2.75, 3.05) is 24.3 Å². The third-order valence-electron chi connectivity index (χ3n) is 2.60. The highest BCUT2D eigenvalue weighted by Gasteiger charge is 2.04. The Bertz CT molecular complexity index is 645.